The van der Waals surface area contributed by atoms with Gasteiger partial charge in [0.15, 0.2) is 0 Å². The van der Waals surface area contributed by atoms with Crippen molar-refractivity contribution in [3.05, 3.63) is 24.3 Å². The Labute approximate surface area is 162 Å². The van der Waals surface area contributed by atoms with E-state index in [0.29, 0.717) is 6.04 Å². The summed E-state index contributed by atoms with van der Waals surface area (Å²) in [5, 5.41) is 6.71. The van der Waals surface area contributed by atoms with Gasteiger partial charge in [-0.05, 0) is 63.7 Å². The number of nitrogens with one attached hydrogen (secondary N) is 2. The SMILES string of the molecule is O=C1Nc2ccccc2NC12CCN(C1CCN(C3CCCC3)CC1)CC2. The van der Waals surface area contributed by atoms with Crippen LogP contribution in [0.15, 0.2) is 24.3 Å². The van der Waals surface area contributed by atoms with Gasteiger partial charge in [0.2, 0.25) is 5.91 Å². The van der Waals surface area contributed by atoms with E-state index in [4.69, 9.17) is 0 Å². The highest BCUT2D eigenvalue weighted by atomic mass is 16.2. The van der Waals surface area contributed by atoms with Gasteiger partial charge in [0.05, 0.1) is 11.4 Å². The fourth-order valence-electron chi connectivity index (χ4n) is 5.77. The lowest BCUT2D eigenvalue weighted by molar-refractivity contribution is -0.122. The molecule has 1 saturated carbocycles. The average Bonchev–Trinajstić information content (AvgIpc) is 3.25. The summed E-state index contributed by atoms with van der Waals surface area (Å²) in [6.45, 7) is 4.58. The highest BCUT2D eigenvalue weighted by Crippen LogP contribution is 2.37. The zero-order valence-corrected chi connectivity index (χ0v) is 16.3. The molecule has 146 valence electrons. The summed E-state index contributed by atoms with van der Waals surface area (Å²) < 4.78 is 0. The van der Waals surface area contributed by atoms with E-state index in [9.17, 15) is 4.79 Å². The van der Waals surface area contributed by atoms with E-state index in [1.165, 1.54) is 51.6 Å². The molecule has 1 aromatic carbocycles. The van der Waals surface area contributed by atoms with Gasteiger partial charge in [0.25, 0.3) is 0 Å². The summed E-state index contributed by atoms with van der Waals surface area (Å²) in [6, 6.07) is 9.62. The molecule has 0 bridgehead atoms. The number of rotatable bonds is 2. The second-order valence-corrected chi connectivity index (χ2v) is 8.95. The summed E-state index contributed by atoms with van der Waals surface area (Å²) in [5.41, 5.74) is 1.56. The molecule has 3 fully saturated rings. The van der Waals surface area contributed by atoms with Crippen molar-refractivity contribution in [2.45, 2.75) is 69.0 Å². The van der Waals surface area contributed by atoms with Crippen LogP contribution in [-0.2, 0) is 4.79 Å². The number of hydrogen-bond donors (Lipinski definition) is 2. The topological polar surface area (TPSA) is 47.6 Å². The van der Waals surface area contributed by atoms with Crippen molar-refractivity contribution < 1.29 is 4.79 Å². The van der Waals surface area contributed by atoms with Crippen molar-refractivity contribution in [2.75, 3.05) is 36.8 Å². The average molecular weight is 369 g/mol. The zero-order chi connectivity index (χ0) is 18.3. The van der Waals surface area contributed by atoms with Gasteiger partial charge in [-0.2, -0.15) is 0 Å². The van der Waals surface area contributed by atoms with Crippen molar-refractivity contribution in [2.24, 2.45) is 0 Å². The first kappa shape index (κ1) is 17.5. The molecule has 0 atom stereocenters. The molecule has 0 unspecified atom stereocenters. The van der Waals surface area contributed by atoms with Gasteiger partial charge >= 0.3 is 0 Å². The van der Waals surface area contributed by atoms with E-state index in [1.54, 1.807) is 0 Å². The standard InChI is InChI=1S/C22H32N4O/c27-21-22(24-20-8-4-3-7-19(20)23-21)11-15-26(16-12-22)18-9-13-25(14-10-18)17-5-1-2-6-17/h3-4,7-8,17-18,24H,1-2,5-6,9-16H2,(H,23,27). The lowest BCUT2D eigenvalue weighted by Crippen LogP contribution is -2.60. The van der Waals surface area contributed by atoms with E-state index in [1.807, 2.05) is 18.2 Å². The number of fused-ring (bicyclic) bond motifs is 1. The molecule has 1 aromatic rings. The Morgan fingerprint density at radius 1 is 0.815 bits per heavy atom. The lowest BCUT2D eigenvalue weighted by atomic mass is 9.83. The molecular formula is C22H32N4O. The first-order valence-corrected chi connectivity index (χ1v) is 10.9. The van der Waals surface area contributed by atoms with Crippen LogP contribution in [0.5, 0.6) is 0 Å². The third-order valence-corrected chi connectivity index (χ3v) is 7.49. The van der Waals surface area contributed by atoms with Crippen molar-refractivity contribution >= 4 is 17.3 Å². The molecule has 2 saturated heterocycles. The number of anilines is 2. The minimum Gasteiger partial charge on any atom is -0.369 e. The summed E-state index contributed by atoms with van der Waals surface area (Å²) in [5.74, 6) is 0.150. The number of nitrogens with zero attached hydrogens (tertiary/aromatic N) is 2. The van der Waals surface area contributed by atoms with Crippen LogP contribution in [-0.4, -0.2) is 59.5 Å². The number of hydrogen-bond acceptors (Lipinski definition) is 4. The van der Waals surface area contributed by atoms with E-state index in [0.717, 1.165) is 43.3 Å². The van der Waals surface area contributed by atoms with Gasteiger partial charge < -0.3 is 20.4 Å². The maximum Gasteiger partial charge on any atom is 0.250 e. The smallest absolute Gasteiger partial charge is 0.250 e. The van der Waals surface area contributed by atoms with E-state index < -0.39 is 5.54 Å². The van der Waals surface area contributed by atoms with Crippen molar-refractivity contribution in [3.63, 3.8) is 0 Å². The third kappa shape index (κ3) is 3.25. The first-order chi connectivity index (χ1) is 13.2. The Hall–Kier alpha value is -1.59. The first-order valence-electron chi connectivity index (χ1n) is 10.9. The van der Waals surface area contributed by atoms with Gasteiger partial charge in [-0.15, -0.1) is 0 Å². The second kappa shape index (κ2) is 7.10. The Morgan fingerprint density at radius 3 is 2.11 bits per heavy atom. The van der Waals surface area contributed by atoms with E-state index in [2.05, 4.69) is 26.5 Å². The predicted octanol–water partition coefficient (Wildman–Crippen LogP) is 3.29. The van der Waals surface area contributed by atoms with Crippen molar-refractivity contribution in [3.8, 4) is 0 Å². The molecule has 3 aliphatic heterocycles. The van der Waals surface area contributed by atoms with Gasteiger partial charge in [0.1, 0.15) is 5.54 Å². The highest BCUT2D eigenvalue weighted by molar-refractivity contribution is 6.06. The number of likely N-dealkylation sites (tertiary alicyclic amines) is 2. The van der Waals surface area contributed by atoms with Crippen LogP contribution in [0.1, 0.15) is 51.4 Å². The quantitative estimate of drug-likeness (QED) is 0.841. The monoisotopic (exact) mass is 368 g/mol. The van der Waals surface area contributed by atoms with Gasteiger partial charge in [-0.25, -0.2) is 0 Å². The Morgan fingerprint density at radius 2 is 1.41 bits per heavy atom. The van der Waals surface area contributed by atoms with Crippen LogP contribution in [0.4, 0.5) is 11.4 Å². The number of piperidine rings is 2. The summed E-state index contributed by atoms with van der Waals surface area (Å²) >= 11 is 0. The molecule has 2 N–H and O–H groups in total. The summed E-state index contributed by atoms with van der Waals surface area (Å²) in [6.07, 6.45) is 10.1. The molecule has 27 heavy (non-hydrogen) atoms. The molecule has 0 aromatic heterocycles. The molecule has 5 rings (SSSR count). The normalized spacial score (nSPS) is 27.3. The van der Waals surface area contributed by atoms with E-state index >= 15 is 0 Å². The summed E-state index contributed by atoms with van der Waals surface area (Å²) in [7, 11) is 0. The Bertz CT molecular complexity index is 683. The van der Waals surface area contributed by atoms with Crippen LogP contribution in [0.3, 0.4) is 0 Å². The number of para-hydroxylation sites is 2. The highest BCUT2D eigenvalue weighted by Gasteiger charge is 2.45. The number of amides is 1. The lowest BCUT2D eigenvalue weighted by Gasteiger charge is -2.48. The molecule has 4 aliphatic rings. The van der Waals surface area contributed by atoms with Crippen LogP contribution >= 0.6 is 0 Å². The van der Waals surface area contributed by atoms with Crippen molar-refractivity contribution in [1.29, 1.82) is 0 Å². The third-order valence-electron chi connectivity index (χ3n) is 7.49. The summed E-state index contributed by atoms with van der Waals surface area (Å²) in [4.78, 5) is 18.2. The predicted molar refractivity (Wildman–Crippen MR) is 109 cm³/mol. The second-order valence-electron chi connectivity index (χ2n) is 8.95. The molecular weight excluding hydrogens is 336 g/mol. The minimum atomic E-state index is -0.421. The van der Waals surface area contributed by atoms with Crippen LogP contribution in [0.25, 0.3) is 0 Å². The Balaban J connectivity index is 1.18. The molecule has 0 radical (unpaired) electrons. The molecule has 3 heterocycles. The van der Waals surface area contributed by atoms with Crippen LogP contribution in [0, 0.1) is 0 Å². The van der Waals surface area contributed by atoms with Crippen LogP contribution < -0.4 is 10.6 Å². The molecule has 1 aliphatic carbocycles. The number of carbonyl (C=O) groups excluding carboxylic acids is 1. The van der Waals surface area contributed by atoms with Gasteiger partial charge in [-0.3, -0.25) is 4.79 Å². The van der Waals surface area contributed by atoms with Gasteiger partial charge in [0, 0.05) is 25.2 Å². The molecule has 1 amide bonds. The van der Waals surface area contributed by atoms with Gasteiger partial charge in [-0.1, -0.05) is 25.0 Å². The fourth-order valence-corrected chi connectivity index (χ4v) is 5.77. The number of carbonyl (C=O) groups is 1. The largest absolute Gasteiger partial charge is 0.369 e. The molecule has 1 spiro atoms. The van der Waals surface area contributed by atoms with E-state index in [-0.39, 0.29) is 5.91 Å². The maximum absolute atomic E-state index is 12.8. The number of benzene rings is 1. The molecule has 5 nitrogen and oxygen atoms in total. The molecule has 5 heteroatoms. The zero-order valence-electron chi connectivity index (χ0n) is 16.3. The van der Waals surface area contributed by atoms with Crippen LogP contribution in [0.2, 0.25) is 0 Å². The Kier molecular flexibility index (Phi) is 4.60. The maximum atomic E-state index is 12.8. The van der Waals surface area contributed by atoms with Crippen molar-refractivity contribution in [1.82, 2.24) is 9.80 Å². The minimum absolute atomic E-state index is 0.150. The fraction of sp³-hybridized carbons (Fsp3) is 0.682.